The SMILES string of the molecule is CC(C)(C)CN1CCC[C@H](c2[nH]ncc2-c2ccc(F)cc2)C1. The highest BCUT2D eigenvalue weighted by atomic mass is 19.1. The highest BCUT2D eigenvalue weighted by Gasteiger charge is 2.27. The Kier molecular flexibility index (Phi) is 4.53. The van der Waals surface area contributed by atoms with E-state index in [1.165, 1.54) is 37.2 Å². The molecule has 1 aromatic carbocycles. The molecule has 0 aliphatic carbocycles. The van der Waals surface area contributed by atoms with E-state index in [0.29, 0.717) is 11.3 Å². The molecule has 3 rings (SSSR count). The van der Waals surface area contributed by atoms with Gasteiger partial charge in [0.25, 0.3) is 0 Å². The minimum Gasteiger partial charge on any atom is -0.302 e. The highest BCUT2D eigenvalue weighted by Crippen LogP contribution is 2.33. The van der Waals surface area contributed by atoms with Crippen LogP contribution in [0.4, 0.5) is 4.39 Å². The lowest BCUT2D eigenvalue weighted by atomic mass is 9.88. The van der Waals surface area contributed by atoms with Crippen LogP contribution in [0.25, 0.3) is 11.1 Å². The van der Waals surface area contributed by atoms with Gasteiger partial charge in [0, 0.05) is 30.3 Å². The number of hydrogen-bond donors (Lipinski definition) is 1. The van der Waals surface area contributed by atoms with Crippen molar-refractivity contribution in [2.24, 2.45) is 5.41 Å². The molecular weight excluding hydrogens is 289 g/mol. The van der Waals surface area contributed by atoms with Crippen LogP contribution in [0, 0.1) is 11.2 Å². The van der Waals surface area contributed by atoms with Crippen molar-refractivity contribution in [2.45, 2.75) is 39.5 Å². The number of rotatable bonds is 3. The summed E-state index contributed by atoms with van der Waals surface area (Å²) in [5.74, 6) is 0.265. The second-order valence-corrected chi connectivity index (χ2v) is 7.84. The molecule has 0 amide bonds. The first kappa shape index (κ1) is 16.2. The first-order valence-corrected chi connectivity index (χ1v) is 8.44. The molecule has 2 aromatic rings. The number of benzene rings is 1. The third kappa shape index (κ3) is 3.99. The lowest BCUT2D eigenvalue weighted by Gasteiger charge is -2.36. The maximum Gasteiger partial charge on any atom is 0.123 e. The van der Waals surface area contributed by atoms with E-state index in [1.807, 2.05) is 18.3 Å². The lowest BCUT2D eigenvalue weighted by Crippen LogP contribution is -2.39. The molecule has 4 heteroatoms. The van der Waals surface area contributed by atoms with Crippen LogP contribution in [0.1, 0.15) is 45.2 Å². The molecule has 1 aliphatic heterocycles. The van der Waals surface area contributed by atoms with Crippen molar-refractivity contribution in [2.75, 3.05) is 19.6 Å². The molecule has 1 atom stereocenters. The van der Waals surface area contributed by atoms with Crippen LogP contribution in [-0.2, 0) is 0 Å². The largest absolute Gasteiger partial charge is 0.302 e. The second-order valence-electron chi connectivity index (χ2n) is 7.84. The normalized spacial score (nSPS) is 19.9. The molecule has 0 unspecified atom stereocenters. The summed E-state index contributed by atoms with van der Waals surface area (Å²) in [6.45, 7) is 10.2. The summed E-state index contributed by atoms with van der Waals surface area (Å²) in [6, 6.07) is 6.69. The standard InChI is InChI=1S/C19H26FN3/c1-19(2,3)13-23-10-4-5-15(12-23)18-17(11-21-22-18)14-6-8-16(20)9-7-14/h6-9,11,15H,4-5,10,12-13H2,1-3H3,(H,21,22)/t15-/m0/s1. The molecule has 1 aliphatic rings. The number of hydrogen-bond acceptors (Lipinski definition) is 2. The zero-order chi connectivity index (χ0) is 16.4. The van der Waals surface area contributed by atoms with E-state index in [-0.39, 0.29) is 5.82 Å². The molecule has 0 spiro atoms. The fourth-order valence-corrected chi connectivity index (χ4v) is 3.57. The molecule has 124 valence electrons. The first-order valence-electron chi connectivity index (χ1n) is 8.44. The molecule has 1 N–H and O–H groups in total. The Hall–Kier alpha value is -1.68. The molecule has 0 bridgehead atoms. The quantitative estimate of drug-likeness (QED) is 0.908. The molecule has 1 aromatic heterocycles. The zero-order valence-electron chi connectivity index (χ0n) is 14.3. The monoisotopic (exact) mass is 315 g/mol. The predicted molar refractivity (Wildman–Crippen MR) is 91.9 cm³/mol. The summed E-state index contributed by atoms with van der Waals surface area (Å²) >= 11 is 0. The molecule has 1 fully saturated rings. The zero-order valence-corrected chi connectivity index (χ0v) is 14.3. The van der Waals surface area contributed by atoms with Crippen LogP contribution in [0.2, 0.25) is 0 Å². The van der Waals surface area contributed by atoms with Crippen LogP contribution in [-0.4, -0.2) is 34.7 Å². The summed E-state index contributed by atoms with van der Waals surface area (Å²) in [7, 11) is 0. The Morgan fingerprint density at radius 2 is 2.00 bits per heavy atom. The molecule has 2 heterocycles. The van der Waals surface area contributed by atoms with Crippen LogP contribution in [0.3, 0.4) is 0 Å². The van der Waals surface area contributed by atoms with E-state index >= 15 is 0 Å². The molecule has 0 radical (unpaired) electrons. The number of aromatic amines is 1. The van der Waals surface area contributed by atoms with Crippen molar-refractivity contribution in [3.05, 3.63) is 42.0 Å². The van der Waals surface area contributed by atoms with Gasteiger partial charge in [-0.25, -0.2) is 4.39 Å². The molecule has 0 saturated carbocycles. The highest BCUT2D eigenvalue weighted by molar-refractivity contribution is 5.65. The first-order chi connectivity index (χ1) is 10.9. The lowest BCUT2D eigenvalue weighted by molar-refractivity contribution is 0.150. The number of aromatic nitrogens is 2. The van der Waals surface area contributed by atoms with E-state index < -0.39 is 0 Å². The maximum atomic E-state index is 13.2. The summed E-state index contributed by atoms with van der Waals surface area (Å²) in [5, 5.41) is 7.46. The number of nitrogens with zero attached hydrogens (tertiary/aromatic N) is 2. The van der Waals surface area contributed by atoms with Crippen molar-refractivity contribution in [3.63, 3.8) is 0 Å². The summed E-state index contributed by atoms with van der Waals surface area (Å²) < 4.78 is 13.2. The van der Waals surface area contributed by atoms with Crippen molar-refractivity contribution >= 4 is 0 Å². The van der Waals surface area contributed by atoms with Crippen LogP contribution in [0.5, 0.6) is 0 Å². The van der Waals surface area contributed by atoms with Gasteiger partial charge < -0.3 is 4.90 Å². The Morgan fingerprint density at radius 3 is 2.70 bits per heavy atom. The number of likely N-dealkylation sites (tertiary alicyclic amines) is 1. The second kappa shape index (κ2) is 6.44. The van der Waals surface area contributed by atoms with Crippen LogP contribution >= 0.6 is 0 Å². The summed E-state index contributed by atoms with van der Waals surface area (Å²) in [4.78, 5) is 2.56. The van der Waals surface area contributed by atoms with Crippen LogP contribution in [0.15, 0.2) is 30.5 Å². The van der Waals surface area contributed by atoms with Gasteiger partial charge in [-0.05, 0) is 42.5 Å². The molecular formula is C19H26FN3. The van der Waals surface area contributed by atoms with Gasteiger partial charge in [-0.2, -0.15) is 5.10 Å². The van der Waals surface area contributed by atoms with E-state index in [1.54, 1.807) is 0 Å². The number of piperidine rings is 1. The number of nitrogens with one attached hydrogen (secondary N) is 1. The molecule has 1 saturated heterocycles. The Bertz CT molecular complexity index is 639. The number of halogens is 1. The van der Waals surface area contributed by atoms with Gasteiger partial charge in [0.2, 0.25) is 0 Å². The van der Waals surface area contributed by atoms with Gasteiger partial charge in [-0.1, -0.05) is 32.9 Å². The average molecular weight is 315 g/mol. The van der Waals surface area contributed by atoms with Gasteiger partial charge in [-0.15, -0.1) is 0 Å². The van der Waals surface area contributed by atoms with Gasteiger partial charge >= 0.3 is 0 Å². The van der Waals surface area contributed by atoms with Gasteiger partial charge in [0.05, 0.1) is 6.20 Å². The average Bonchev–Trinajstić information content (AvgIpc) is 2.96. The van der Waals surface area contributed by atoms with Gasteiger partial charge in [0.15, 0.2) is 0 Å². The topological polar surface area (TPSA) is 31.9 Å². The van der Waals surface area contributed by atoms with Crippen molar-refractivity contribution in [1.82, 2.24) is 15.1 Å². The minimum atomic E-state index is -0.201. The fourth-order valence-electron chi connectivity index (χ4n) is 3.57. The van der Waals surface area contributed by atoms with Gasteiger partial charge in [-0.3, -0.25) is 5.10 Å². The van der Waals surface area contributed by atoms with E-state index in [4.69, 9.17) is 0 Å². The third-order valence-corrected chi connectivity index (χ3v) is 4.44. The molecule has 3 nitrogen and oxygen atoms in total. The van der Waals surface area contributed by atoms with Gasteiger partial charge in [0.1, 0.15) is 5.82 Å². The van der Waals surface area contributed by atoms with Crippen molar-refractivity contribution < 1.29 is 4.39 Å². The Labute approximate surface area is 137 Å². The smallest absolute Gasteiger partial charge is 0.123 e. The van der Waals surface area contributed by atoms with Crippen LogP contribution < -0.4 is 0 Å². The molecule has 23 heavy (non-hydrogen) atoms. The van der Waals surface area contributed by atoms with E-state index in [2.05, 4.69) is 35.9 Å². The predicted octanol–water partition coefficient (Wildman–Crippen LogP) is 4.44. The van der Waals surface area contributed by atoms with E-state index in [9.17, 15) is 4.39 Å². The van der Waals surface area contributed by atoms with E-state index in [0.717, 1.165) is 24.2 Å². The van der Waals surface area contributed by atoms with Crippen molar-refractivity contribution in [1.29, 1.82) is 0 Å². The fraction of sp³-hybridized carbons (Fsp3) is 0.526. The third-order valence-electron chi connectivity index (χ3n) is 4.44. The Morgan fingerprint density at radius 1 is 1.26 bits per heavy atom. The summed E-state index contributed by atoms with van der Waals surface area (Å²) in [6.07, 6.45) is 4.25. The minimum absolute atomic E-state index is 0.201. The maximum absolute atomic E-state index is 13.2. The Balaban J connectivity index is 1.79. The van der Waals surface area contributed by atoms with Crippen molar-refractivity contribution in [3.8, 4) is 11.1 Å². The summed E-state index contributed by atoms with van der Waals surface area (Å²) in [5.41, 5.74) is 3.64. The number of H-pyrrole nitrogens is 1.